The van der Waals surface area contributed by atoms with Gasteiger partial charge in [0.2, 0.25) is 11.8 Å². The average molecular weight is 362 g/mol. The van der Waals surface area contributed by atoms with E-state index >= 15 is 0 Å². The zero-order valence-electron chi connectivity index (χ0n) is 15.7. The molecule has 1 N–H and O–H groups in total. The van der Waals surface area contributed by atoms with Gasteiger partial charge in [0.15, 0.2) is 0 Å². The first-order chi connectivity index (χ1) is 11.4. The Morgan fingerprint density at radius 2 is 1.80 bits per heavy atom. The molecule has 1 saturated heterocycles. The molecule has 6 heteroatoms. The van der Waals surface area contributed by atoms with Crippen LogP contribution in [0.4, 0.5) is 5.69 Å². The summed E-state index contributed by atoms with van der Waals surface area (Å²) in [5.41, 5.74) is 0.523. The van der Waals surface area contributed by atoms with Gasteiger partial charge in [-0.1, -0.05) is 26.8 Å². The van der Waals surface area contributed by atoms with Crippen molar-refractivity contribution in [3.8, 4) is 0 Å². The fraction of sp³-hybridized carbons (Fsp3) is 0.526. The maximum Gasteiger partial charge on any atom is 0.251 e. The van der Waals surface area contributed by atoms with Gasteiger partial charge in [-0.2, -0.15) is 0 Å². The second kappa shape index (κ2) is 6.83. The van der Waals surface area contributed by atoms with E-state index in [2.05, 4.69) is 5.32 Å². The van der Waals surface area contributed by atoms with Crippen LogP contribution in [-0.4, -0.2) is 33.3 Å². The molecule has 1 fully saturated rings. The van der Waals surface area contributed by atoms with Crippen LogP contribution in [0.2, 0.25) is 0 Å². The van der Waals surface area contributed by atoms with E-state index in [4.69, 9.17) is 0 Å². The first-order valence-corrected chi connectivity index (χ1v) is 9.22. The van der Waals surface area contributed by atoms with Crippen LogP contribution in [0.25, 0.3) is 0 Å². The monoisotopic (exact) mass is 362 g/mol. The highest BCUT2D eigenvalue weighted by Crippen LogP contribution is 2.36. The van der Waals surface area contributed by atoms with Crippen molar-refractivity contribution in [1.29, 1.82) is 0 Å². The van der Waals surface area contributed by atoms with Gasteiger partial charge in [-0.25, -0.2) is 4.90 Å². The third kappa shape index (κ3) is 5.08. The Hall–Kier alpha value is -1.82. The molecule has 25 heavy (non-hydrogen) atoms. The zero-order chi connectivity index (χ0) is 19.0. The quantitative estimate of drug-likeness (QED) is 0.837. The largest absolute Gasteiger partial charge is 0.347 e. The van der Waals surface area contributed by atoms with Crippen molar-refractivity contribution in [1.82, 2.24) is 5.32 Å². The summed E-state index contributed by atoms with van der Waals surface area (Å²) in [6.07, 6.45) is 0.194. The number of hydrogen-bond acceptors (Lipinski definition) is 4. The minimum absolute atomic E-state index is 0.106. The van der Waals surface area contributed by atoms with Gasteiger partial charge in [0.25, 0.3) is 5.91 Å². The molecule has 2 rings (SSSR count). The van der Waals surface area contributed by atoms with E-state index in [1.807, 2.05) is 41.5 Å². The Balaban J connectivity index is 2.24. The number of carbonyl (C=O) groups excluding carboxylic acids is 3. The van der Waals surface area contributed by atoms with Crippen LogP contribution in [0.5, 0.6) is 0 Å². The summed E-state index contributed by atoms with van der Waals surface area (Å²) < 4.78 is -0.106. The number of benzene rings is 1. The Morgan fingerprint density at radius 1 is 1.16 bits per heavy atom. The minimum Gasteiger partial charge on any atom is -0.347 e. The van der Waals surface area contributed by atoms with Gasteiger partial charge in [-0.05, 0) is 39.0 Å². The van der Waals surface area contributed by atoms with Gasteiger partial charge in [-0.3, -0.25) is 14.4 Å². The Kier molecular flexibility index (Phi) is 5.33. The van der Waals surface area contributed by atoms with Crippen LogP contribution in [0.15, 0.2) is 24.3 Å². The van der Waals surface area contributed by atoms with Crippen LogP contribution in [0.3, 0.4) is 0 Å². The normalized spacial score (nSPS) is 18.6. The SMILES string of the molecule is CC(C)(C)NC(=O)c1cccc(N2C(=O)CC(SC(C)(C)C)C2=O)c1. The molecule has 0 aliphatic carbocycles. The summed E-state index contributed by atoms with van der Waals surface area (Å²) in [6, 6.07) is 6.66. The van der Waals surface area contributed by atoms with Crippen molar-refractivity contribution < 1.29 is 14.4 Å². The van der Waals surface area contributed by atoms with Crippen molar-refractivity contribution in [2.75, 3.05) is 4.90 Å². The lowest BCUT2D eigenvalue weighted by Crippen LogP contribution is -2.40. The predicted octanol–water partition coefficient (Wildman–Crippen LogP) is 3.38. The van der Waals surface area contributed by atoms with Crippen molar-refractivity contribution in [3.63, 3.8) is 0 Å². The number of imide groups is 1. The fourth-order valence-electron chi connectivity index (χ4n) is 2.59. The number of carbonyl (C=O) groups is 3. The van der Waals surface area contributed by atoms with Gasteiger partial charge in [0.05, 0.1) is 10.9 Å². The van der Waals surface area contributed by atoms with Crippen molar-refractivity contribution in [3.05, 3.63) is 29.8 Å². The summed E-state index contributed by atoms with van der Waals surface area (Å²) in [5.74, 6) is -0.660. The molecule has 1 aromatic carbocycles. The summed E-state index contributed by atoms with van der Waals surface area (Å²) in [4.78, 5) is 38.6. The van der Waals surface area contributed by atoms with E-state index in [-0.39, 0.29) is 39.7 Å². The topological polar surface area (TPSA) is 66.5 Å². The number of thioether (sulfide) groups is 1. The molecule has 1 heterocycles. The zero-order valence-corrected chi connectivity index (χ0v) is 16.5. The molecule has 136 valence electrons. The Morgan fingerprint density at radius 3 is 2.36 bits per heavy atom. The number of hydrogen-bond donors (Lipinski definition) is 1. The van der Waals surface area contributed by atoms with Crippen LogP contribution in [-0.2, 0) is 9.59 Å². The molecule has 5 nitrogen and oxygen atoms in total. The first-order valence-electron chi connectivity index (χ1n) is 8.34. The van der Waals surface area contributed by atoms with Crippen molar-refractivity contribution in [2.24, 2.45) is 0 Å². The lowest BCUT2D eigenvalue weighted by molar-refractivity contribution is -0.121. The average Bonchev–Trinajstić information content (AvgIpc) is 2.69. The molecule has 0 bridgehead atoms. The molecule has 1 unspecified atom stereocenters. The standard InChI is InChI=1S/C19H26N2O3S/c1-18(2,3)20-16(23)12-8-7-9-13(10-12)21-15(22)11-14(17(21)24)25-19(4,5)6/h7-10,14H,11H2,1-6H3,(H,20,23). The van der Waals surface area contributed by atoms with Gasteiger partial charge in [-0.15, -0.1) is 11.8 Å². The second-order valence-electron chi connectivity index (χ2n) is 8.24. The summed E-state index contributed by atoms with van der Waals surface area (Å²) in [5, 5.41) is 2.51. The highest BCUT2D eigenvalue weighted by molar-refractivity contribution is 8.02. The number of rotatable bonds is 3. The maximum absolute atomic E-state index is 12.7. The molecule has 1 aromatic rings. The van der Waals surface area contributed by atoms with Crippen LogP contribution in [0.1, 0.15) is 58.3 Å². The number of anilines is 1. The lowest BCUT2D eigenvalue weighted by atomic mass is 10.1. The summed E-state index contributed by atoms with van der Waals surface area (Å²) in [6.45, 7) is 11.8. The van der Waals surface area contributed by atoms with E-state index < -0.39 is 0 Å². The van der Waals surface area contributed by atoms with E-state index in [1.165, 1.54) is 16.7 Å². The number of nitrogens with one attached hydrogen (secondary N) is 1. The predicted molar refractivity (Wildman–Crippen MR) is 102 cm³/mol. The van der Waals surface area contributed by atoms with Crippen LogP contribution < -0.4 is 10.2 Å². The third-order valence-electron chi connectivity index (χ3n) is 3.46. The molecule has 0 aromatic heterocycles. The Bertz CT molecular complexity index is 701. The van der Waals surface area contributed by atoms with Gasteiger partial charge < -0.3 is 5.32 Å². The van der Waals surface area contributed by atoms with Gasteiger partial charge >= 0.3 is 0 Å². The van der Waals surface area contributed by atoms with E-state index in [0.29, 0.717) is 11.3 Å². The molecule has 0 saturated carbocycles. The van der Waals surface area contributed by atoms with Crippen molar-refractivity contribution >= 4 is 35.2 Å². The third-order valence-corrected chi connectivity index (χ3v) is 4.82. The van der Waals surface area contributed by atoms with E-state index in [9.17, 15) is 14.4 Å². The molecule has 3 amide bonds. The molecule has 0 spiro atoms. The summed E-state index contributed by atoms with van der Waals surface area (Å²) >= 11 is 1.50. The molecule has 1 atom stereocenters. The molecular formula is C19H26N2O3S. The molecule has 1 aliphatic heterocycles. The highest BCUT2D eigenvalue weighted by Gasteiger charge is 2.41. The van der Waals surface area contributed by atoms with Crippen LogP contribution >= 0.6 is 11.8 Å². The van der Waals surface area contributed by atoms with E-state index in [1.54, 1.807) is 24.3 Å². The van der Waals surface area contributed by atoms with Crippen LogP contribution in [0, 0.1) is 0 Å². The van der Waals surface area contributed by atoms with Crippen molar-refractivity contribution in [2.45, 2.75) is 63.5 Å². The highest BCUT2D eigenvalue weighted by atomic mass is 32.2. The first kappa shape index (κ1) is 19.5. The number of amides is 3. The van der Waals surface area contributed by atoms with Gasteiger partial charge in [0, 0.05) is 22.3 Å². The van der Waals surface area contributed by atoms with E-state index in [0.717, 1.165) is 0 Å². The minimum atomic E-state index is -0.375. The molecule has 0 radical (unpaired) electrons. The smallest absolute Gasteiger partial charge is 0.251 e. The molecular weight excluding hydrogens is 336 g/mol. The second-order valence-corrected chi connectivity index (χ2v) is 10.3. The lowest BCUT2D eigenvalue weighted by Gasteiger charge is -2.22. The maximum atomic E-state index is 12.7. The number of nitrogens with zero attached hydrogens (tertiary/aromatic N) is 1. The summed E-state index contributed by atoms with van der Waals surface area (Å²) in [7, 11) is 0. The fourth-order valence-corrected chi connectivity index (χ4v) is 3.88. The molecule has 1 aliphatic rings. The Labute approximate surface area is 153 Å². The van der Waals surface area contributed by atoms with Gasteiger partial charge in [0.1, 0.15) is 0 Å².